The van der Waals surface area contributed by atoms with Gasteiger partial charge in [0.25, 0.3) is 5.91 Å². The van der Waals surface area contributed by atoms with Crippen molar-refractivity contribution in [3.63, 3.8) is 0 Å². The molecule has 1 amide bonds. The number of aromatic nitrogens is 1. The fourth-order valence-electron chi connectivity index (χ4n) is 1.16. The highest BCUT2D eigenvalue weighted by molar-refractivity contribution is 7.89. The number of rotatable bonds is 5. The van der Waals surface area contributed by atoms with Crippen molar-refractivity contribution in [3.8, 4) is 0 Å². The molecule has 6 nitrogen and oxygen atoms in total. The Morgan fingerprint density at radius 2 is 2.05 bits per heavy atom. The molecule has 1 aromatic rings. The van der Waals surface area contributed by atoms with Crippen molar-refractivity contribution in [2.45, 2.75) is 0 Å². The second-order valence-corrected chi connectivity index (χ2v) is 6.12. The number of amides is 1. The van der Waals surface area contributed by atoms with E-state index >= 15 is 0 Å². The van der Waals surface area contributed by atoms with Crippen molar-refractivity contribution in [1.82, 2.24) is 14.6 Å². The molecule has 0 unspecified atom stereocenters. The number of carbonyl (C=O) groups is 1. The summed E-state index contributed by atoms with van der Waals surface area (Å²) in [6, 6.07) is 1.01. The molecule has 19 heavy (non-hydrogen) atoms. The second-order valence-electron chi connectivity index (χ2n) is 3.82. The largest absolute Gasteiger partial charge is 0.351 e. The number of hydrogen-bond donors (Lipinski definition) is 1. The summed E-state index contributed by atoms with van der Waals surface area (Å²) in [5, 5.41) is 2.20. The molecule has 0 aliphatic rings. The Bertz CT molecular complexity index is 575. The van der Waals surface area contributed by atoms with E-state index in [1.165, 1.54) is 14.1 Å². The minimum Gasteiger partial charge on any atom is -0.351 e. The minimum absolute atomic E-state index is 0.206. The van der Waals surface area contributed by atoms with Crippen molar-refractivity contribution in [3.05, 3.63) is 29.6 Å². The highest BCUT2D eigenvalue weighted by Crippen LogP contribution is 2.08. The third-order valence-corrected chi connectivity index (χ3v) is 4.13. The maximum atomic E-state index is 13.2. The van der Waals surface area contributed by atoms with E-state index in [9.17, 15) is 22.0 Å². The third-order valence-electron chi connectivity index (χ3n) is 2.29. The van der Waals surface area contributed by atoms with Gasteiger partial charge >= 0.3 is 0 Å². The van der Waals surface area contributed by atoms with Crippen LogP contribution < -0.4 is 5.32 Å². The summed E-state index contributed by atoms with van der Waals surface area (Å²) in [7, 11) is -0.743. The predicted molar refractivity (Wildman–Crippen MR) is 64.0 cm³/mol. The molecule has 0 fully saturated rings. The average molecular weight is 293 g/mol. The van der Waals surface area contributed by atoms with E-state index in [4.69, 9.17) is 0 Å². The topological polar surface area (TPSA) is 79.4 Å². The van der Waals surface area contributed by atoms with Crippen molar-refractivity contribution in [2.75, 3.05) is 26.4 Å². The Kier molecular flexibility index (Phi) is 4.90. The summed E-state index contributed by atoms with van der Waals surface area (Å²) in [5.74, 6) is -3.97. The lowest BCUT2D eigenvalue weighted by molar-refractivity contribution is 0.0950. The molecule has 0 radical (unpaired) electrons. The molecule has 0 aliphatic carbocycles. The molecule has 0 saturated heterocycles. The van der Waals surface area contributed by atoms with Crippen LogP contribution in [-0.2, 0) is 10.0 Å². The van der Waals surface area contributed by atoms with E-state index in [0.29, 0.717) is 0 Å². The zero-order valence-electron chi connectivity index (χ0n) is 10.4. The van der Waals surface area contributed by atoms with Crippen LogP contribution in [0.25, 0.3) is 0 Å². The highest BCUT2D eigenvalue weighted by atomic mass is 32.2. The summed E-state index contributed by atoms with van der Waals surface area (Å²) in [5.41, 5.74) is -0.519. The molecule has 0 atom stereocenters. The van der Waals surface area contributed by atoms with E-state index in [-0.39, 0.29) is 12.3 Å². The quantitative estimate of drug-likeness (QED) is 0.774. The van der Waals surface area contributed by atoms with E-state index in [1.807, 2.05) is 0 Å². The van der Waals surface area contributed by atoms with Gasteiger partial charge in [-0.1, -0.05) is 0 Å². The summed E-state index contributed by atoms with van der Waals surface area (Å²) >= 11 is 0. The van der Waals surface area contributed by atoms with Crippen LogP contribution >= 0.6 is 0 Å². The number of nitrogens with one attached hydrogen (secondary N) is 1. The molecule has 0 bridgehead atoms. The molecule has 0 aliphatic heterocycles. The standard InChI is InChI=1S/C10H13F2N3O3S/c1-15(2)19(17,18)6-5-14-10(16)7-3-4-13-9(12)8(7)11/h3-4H,5-6H2,1-2H3,(H,14,16). The summed E-state index contributed by atoms with van der Waals surface area (Å²) in [6.45, 7) is -0.206. The highest BCUT2D eigenvalue weighted by Gasteiger charge is 2.17. The number of halogens is 2. The second kappa shape index (κ2) is 6.02. The van der Waals surface area contributed by atoms with Crippen LogP contribution in [0.2, 0.25) is 0 Å². The van der Waals surface area contributed by atoms with Crippen molar-refractivity contribution < 1.29 is 22.0 Å². The molecule has 106 valence electrons. The first-order chi connectivity index (χ1) is 8.75. The van der Waals surface area contributed by atoms with Crippen LogP contribution in [0.1, 0.15) is 10.4 Å². The van der Waals surface area contributed by atoms with Crippen LogP contribution in [-0.4, -0.2) is 50.0 Å². The molecule has 0 aromatic carbocycles. The average Bonchev–Trinajstić information content (AvgIpc) is 2.32. The Labute approximate surface area is 109 Å². The molecule has 1 N–H and O–H groups in total. The smallest absolute Gasteiger partial charge is 0.254 e. The van der Waals surface area contributed by atoms with Gasteiger partial charge in [0.2, 0.25) is 16.0 Å². The Morgan fingerprint density at radius 1 is 1.42 bits per heavy atom. The van der Waals surface area contributed by atoms with Gasteiger partial charge < -0.3 is 5.32 Å². The fourth-order valence-corrected chi connectivity index (χ4v) is 1.89. The van der Waals surface area contributed by atoms with Gasteiger partial charge in [0.1, 0.15) is 0 Å². The van der Waals surface area contributed by atoms with Gasteiger partial charge in [0, 0.05) is 26.8 Å². The first-order valence-corrected chi connectivity index (χ1v) is 6.85. The number of pyridine rings is 1. The number of nitrogens with zero attached hydrogens (tertiary/aromatic N) is 2. The molecule has 0 spiro atoms. The summed E-state index contributed by atoms with van der Waals surface area (Å²) < 4.78 is 49.8. The number of hydrogen-bond acceptors (Lipinski definition) is 4. The first kappa shape index (κ1) is 15.4. The van der Waals surface area contributed by atoms with Gasteiger partial charge in [-0.3, -0.25) is 4.79 Å². The lowest BCUT2D eigenvalue weighted by Gasteiger charge is -2.11. The maximum absolute atomic E-state index is 13.2. The van der Waals surface area contributed by atoms with Gasteiger partial charge in [-0.15, -0.1) is 0 Å². The molecule has 9 heteroatoms. The molecule has 1 heterocycles. The van der Waals surface area contributed by atoms with Gasteiger partial charge in [-0.05, 0) is 6.07 Å². The van der Waals surface area contributed by atoms with Gasteiger partial charge in [0.05, 0.1) is 11.3 Å². The van der Waals surface area contributed by atoms with Crippen molar-refractivity contribution >= 4 is 15.9 Å². The van der Waals surface area contributed by atoms with Crippen LogP contribution in [0.3, 0.4) is 0 Å². The monoisotopic (exact) mass is 293 g/mol. The molecular weight excluding hydrogens is 280 g/mol. The van der Waals surface area contributed by atoms with E-state index in [2.05, 4.69) is 10.3 Å². The van der Waals surface area contributed by atoms with Crippen molar-refractivity contribution in [1.29, 1.82) is 0 Å². The van der Waals surface area contributed by atoms with E-state index in [0.717, 1.165) is 16.6 Å². The number of sulfonamides is 1. The fraction of sp³-hybridized carbons (Fsp3) is 0.400. The minimum atomic E-state index is -3.46. The number of carbonyl (C=O) groups excluding carboxylic acids is 1. The van der Waals surface area contributed by atoms with Crippen LogP contribution in [0, 0.1) is 11.8 Å². The Morgan fingerprint density at radius 3 is 2.63 bits per heavy atom. The first-order valence-electron chi connectivity index (χ1n) is 5.24. The van der Waals surface area contributed by atoms with Crippen molar-refractivity contribution in [2.24, 2.45) is 0 Å². The zero-order chi connectivity index (χ0) is 14.6. The summed E-state index contributed by atoms with van der Waals surface area (Å²) in [6.07, 6.45) is 0.948. The third kappa shape index (κ3) is 3.93. The normalized spacial score (nSPS) is 11.6. The molecule has 1 aromatic heterocycles. The van der Waals surface area contributed by atoms with E-state index < -0.39 is 33.3 Å². The predicted octanol–water partition coefficient (Wildman–Crippen LogP) is -0.0190. The Balaban J connectivity index is 2.65. The lowest BCUT2D eigenvalue weighted by Crippen LogP contribution is -2.34. The maximum Gasteiger partial charge on any atom is 0.254 e. The van der Waals surface area contributed by atoms with Crippen LogP contribution in [0.5, 0.6) is 0 Å². The Hall–Kier alpha value is -1.61. The zero-order valence-corrected chi connectivity index (χ0v) is 11.2. The van der Waals surface area contributed by atoms with E-state index in [1.54, 1.807) is 0 Å². The SMILES string of the molecule is CN(C)S(=O)(=O)CCNC(=O)c1ccnc(F)c1F. The van der Waals surface area contributed by atoms with Gasteiger partial charge in [-0.2, -0.15) is 4.39 Å². The lowest BCUT2D eigenvalue weighted by atomic mass is 10.2. The molecule has 1 rings (SSSR count). The van der Waals surface area contributed by atoms with Crippen LogP contribution in [0.15, 0.2) is 12.3 Å². The van der Waals surface area contributed by atoms with Crippen LogP contribution in [0.4, 0.5) is 8.78 Å². The summed E-state index contributed by atoms with van der Waals surface area (Å²) in [4.78, 5) is 14.6. The van der Waals surface area contributed by atoms with Gasteiger partial charge in [0.15, 0.2) is 5.82 Å². The molecular formula is C10H13F2N3O3S. The molecule has 0 saturated carbocycles. The van der Waals surface area contributed by atoms with Gasteiger partial charge in [-0.25, -0.2) is 22.1 Å².